The maximum Gasteiger partial charge on any atom is 0.325 e. The minimum atomic E-state index is -1.05. The first kappa shape index (κ1) is 14.0. The molecule has 1 amide bonds. The van der Waals surface area contributed by atoms with Crippen molar-refractivity contribution in [3.8, 4) is 0 Å². The largest absolute Gasteiger partial charge is 0.480 e. The van der Waals surface area contributed by atoms with E-state index in [-0.39, 0.29) is 5.91 Å². The summed E-state index contributed by atoms with van der Waals surface area (Å²) in [6, 6.07) is 6.14. The Balaban J connectivity index is 2.81. The number of amides is 1. The predicted molar refractivity (Wildman–Crippen MR) is 69.8 cm³/mol. The van der Waals surface area contributed by atoms with Crippen molar-refractivity contribution in [1.82, 2.24) is 5.32 Å². The van der Waals surface area contributed by atoms with E-state index in [2.05, 4.69) is 10.6 Å². The van der Waals surface area contributed by atoms with Crippen LogP contribution in [0, 0.1) is 0 Å². The molecule has 5 nitrogen and oxygen atoms in total. The maximum absolute atomic E-state index is 11.9. The number of carboxylic acid groups (broad SMARTS) is 1. The van der Waals surface area contributed by atoms with Crippen molar-refractivity contribution in [3.63, 3.8) is 0 Å². The summed E-state index contributed by atoms with van der Waals surface area (Å²) in [4.78, 5) is 22.6. The molecule has 18 heavy (non-hydrogen) atoms. The molecule has 1 rings (SSSR count). The summed E-state index contributed by atoms with van der Waals surface area (Å²) in [6.07, 6.45) is 0.946. The molecular formula is C13H18N2O3. The summed E-state index contributed by atoms with van der Waals surface area (Å²) in [7, 11) is 0. The van der Waals surface area contributed by atoms with Crippen LogP contribution in [0.4, 0.5) is 5.69 Å². The molecule has 3 N–H and O–H groups in total. The Morgan fingerprint density at radius 2 is 2.00 bits per heavy atom. The van der Waals surface area contributed by atoms with Gasteiger partial charge in [-0.3, -0.25) is 9.59 Å². The minimum absolute atomic E-state index is 0.385. The van der Waals surface area contributed by atoms with Crippen LogP contribution in [0.2, 0.25) is 0 Å². The Hall–Kier alpha value is -2.04. The Labute approximate surface area is 106 Å². The molecule has 98 valence electrons. The molecule has 5 heteroatoms. The van der Waals surface area contributed by atoms with Gasteiger partial charge in [0.15, 0.2) is 0 Å². The second-order valence-electron chi connectivity index (χ2n) is 4.01. The van der Waals surface area contributed by atoms with Gasteiger partial charge in [-0.05, 0) is 25.5 Å². The Morgan fingerprint density at radius 3 is 2.61 bits per heavy atom. The van der Waals surface area contributed by atoms with Gasteiger partial charge in [0.05, 0.1) is 5.56 Å². The highest BCUT2D eigenvalue weighted by atomic mass is 16.4. The molecule has 0 fully saturated rings. The number of carboxylic acids is 1. The first-order chi connectivity index (χ1) is 8.56. The first-order valence-corrected chi connectivity index (χ1v) is 5.92. The molecule has 0 bridgehead atoms. The Kier molecular flexibility index (Phi) is 5.17. The maximum atomic E-state index is 11.9. The molecular weight excluding hydrogens is 232 g/mol. The third-order valence-corrected chi connectivity index (χ3v) is 2.46. The van der Waals surface area contributed by atoms with Gasteiger partial charge in [-0.1, -0.05) is 19.1 Å². The summed E-state index contributed by atoms with van der Waals surface area (Å²) in [5.74, 6) is -1.44. The molecule has 0 spiro atoms. The lowest BCUT2D eigenvalue weighted by Gasteiger charge is -2.13. The summed E-state index contributed by atoms with van der Waals surface area (Å²) >= 11 is 0. The zero-order valence-corrected chi connectivity index (χ0v) is 10.6. The topological polar surface area (TPSA) is 78.4 Å². The number of carbonyl (C=O) groups excluding carboxylic acids is 1. The van der Waals surface area contributed by atoms with Crippen LogP contribution in [0.1, 0.15) is 30.6 Å². The van der Waals surface area contributed by atoms with E-state index in [0.717, 1.165) is 18.7 Å². The zero-order valence-electron chi connectivity index (χ0n) is 10.6. The van der Waals surface area contributed by atoms with E-state index >= 15 is 0 Å². The van der Waals surface area contributed by atoms with E-state index in [1.165, 1.54) is 6.92 Å². The van der Waals surface area contributed by atoms with Crippen molar-refractivity contribution in [2.45, 2.75) is 26.3 Å². The van der Waals surface area contributed by atoms with Crippen LogP contribution in [0.5, 0.6) is 0 Å². The highest BCUT2D eigenvalue weighted by molar-refractivity contribution is 6.01. The number of carbonyl (C=O) groups is 2. The molecule has 1 aromatic rings. The summed E-state index contributed by atoms with van der Waals surface area (Å²) in [6.45, 7) is 4.23. The van der Waals surface area contributed by atoms with E-state index in [1.54, 1.807) is 18.2 Å². The average Bonchev–Trinajstić information content (AvgIpc) is 2.36. The van der Waals surface area contributed by atoms with E-state index < -0.39 is 12.0 Å². The number of hydrogen-bond donors (Lipinski definition) is 3. The number of para-hydroxylation sites is 1. The second kappa shape index (κ2) is 6.64. The van der Waals surface area contributed by atoms with Crippen molar-refractivity contribution in [2.24, 2.45) is 0 Å². The SMILES string of the molecule is CCCNc1ccccc1C(=O)NC(C)C(=O)O. The fourth-order valence-electron chi connectivity index (χ4n) is 1.43. The van der Waals surface area contributed by atoms with Crippen LogP contribution < -0.4 is 10.6 Å². The lowest BCUT2D eigenvalue weighted by molar-refractivity contribution is -0.138. The highest BCUT2D eigenvalue weighted by Gasteiger charge is 2.17. The fraction of sp³-hybridized carbons (Fsp3) is 0.385. The van der Waals surface area contributed by atoms with E-state index in [9.17, 15) is 9.59 Å². The third-order valence-electron chi connectivity index (χ3n) is 2.46. The summed E-state index contributed by atoms with van der Waals surface area (Å²) in [5.41, 5.74) is 1.17. The van der Waals surface area contributed by atoms with Gasteiger partial charge in [0.25, 0.3) is 5.91 Å². The number of anilines is 1. The van der Waals surface area contributed by atoms with Gasteiger partial charge < -0.3 is 15.7 Å². The number of benzene rings is 1. The van der Waals surface area contributed by atoms with Crippen molar-refractivity contribution in [1.29, 1.82) is 0 Å². The number of hydrogen-bond acceptors (Lipinski definition) is 3. The van der Waals surface area contributed by atoms with E-state index in [1.807, 2.05) is 13.0 Å². The lowest BCUT2D eigenvalue weighted by atomic mass is 10.1. The molecule has 1 aromatic carbocycles. The van der Waals surface area contributed by atoms with Gasteiger partial charge in [0.2, 0.25) is 0 Å². The van der Waals surface area contributed by atoms with Crippen molar-refractivity contribution in [2.75, 3.05) is 11.9 Å². The van der Waals surface area contributed by atoms with Crippen LogP contribution >= 0.6 is 0 Å². The molecule has 0 aliphatic rings. The molecule has 0 saturated carbocycles. The zero-order chi connectivity index (χ0) is 13.5. The molecule has 1 unspecified atom stereocenters. The van der Waals surface area contributed by atoms with E-state index in [0.29, 0.717) is 5.56 Å². The third kappa shape index (κ3) is 3.76. The van der Waals surface area contributed by atoms with Gasteiger partial charge >= 0.3 is 5.97 Å². The number of nitrogens with one attached hydrogen (secondary N) is 2. The molecule has 1 atom stereocenters. The van der Waals surface area contributed by atoms with Gasteiger partial charge in [0.1, 0.15) is 6.04 Å². The van der Waals surface area contributed by atoms with Crippen LogP contribution in [0.25, 0.3) is 0 Å². The molecule has 0 aliphatic carbocycles. The first-order valence-electron chi connectivity index (χ1n) is 5.92. The Bertz CT molecular complexity index is 432. The predicted octanol–water partition coefficient (Wildman–Crippen LogP) is 1.71. The number of rotatable bonds is 6. The summed E-state index contributed by atoms with van der Waals surface area (Å²) < 4.78 is 0. The average molecular weight is 250 g/mol. The summed E-state index contributed by atoms with van der Waals surface area (Å²) in [5, 5.41) is 14.3. The smallest absolute Gasteiger partial charge is 0.325 e. The van der Waals surface area contributed by atoms with Gasteiger partial charge in [0, 0.05) is 12.2 Å². The molecule has 0 saturated heterocycles. The Morgan fingerprint density at radius 1 is 1.33 bits per heavy atom. The van der Waals surface area contributed by atoms with Gasteiger partial charge in [-0.2, -0.15) is 0 Å². The van der Waals surface area contributed by atoms with Crippen LogP contribution in [-0.2, 0) is 4.79 Å². The monoisotopic (exact) mass is 250 g/mol. The lowest BCUT2D eigenvalue weighted by Crippen LogP contribution is -2.38. The molecule has 0 aliphatic heterocycles. The molecule has 0 aromatic heterocycles. The van der Waals surface area contributed by atoms with Crippen LogP contribution in [-0.4, -0.2) is 29.6 Å². The van der Waals surface area contributed by atoms with Crippen molar-refractivity contribution >= 4 is 17.6 Å². The quantitative estimate of drug-likeness (QED) is 0.718. The van der Waals surface area contributed by atoms with Crippen molar-refractivity contribution in [3.05, 3.63) is 29.8 Å². The second-order valence-corrected chi connectivity index (χ2v) is 4.01. The van der Waals surface area contributed by atoms with Gasteiger partial charge in [-0.15, -0.1) is 0 Å². The standard InChI is InChI=1S/C13H18N2O3/c1-3-8-14-11-7-5-4-6-10(11)12(16)15-9(2)13(17)18/h4-7,9,14H,3,8H2,1-2H3,(H,15,16)(H,17,18). The number of aliphatic carboxylic acids is 1. The van der Waals surface area contributed by atoms with Crippen LogP contribution in [0.15, 0.2) is 24.3 Å². The van der Waals surface area contributed by atoms with Gasteiger partial charge in [-0.25, -0.2) is 0 Å². The molecule has 0 radical (unpaired) electrons. The minimum Gasteiger partial charge on any atom is -0.480 e. The van der Waals surface area contributed by atoms with E-state index in [4.69, 9.17) is 5.11 Å². The fourth-order valence-corrected chi connectivity index (χ4v) is 1.43. The normalized spacial score (nSPS) is 11.7. The van der Waals surface area contributed by atoms with Crippen molar-refractivity contribution < 1.29 is 14.7 Å². The van der Waals surface area contributed by atoms with Crippen LogP contribution in [0.3, 0.4) is 0 Å². The molecule has 0 heterocycles. The highest BCUT2D eigenvalue weighted by Crippen LogP contribution is 2.14.